The van der Waals surface area contributed by atoms with Crippen LogP contribution in [-0.2, 0) is 31.4 Å². The lowest BCUT2D eigenvalue weighted by Crippen LogP contribution is -2.41. The molecule has 0 saturated heterocycles. The average molecular weight is 1390 g/mol. The van der Waals surface area contributed by atoms with Crippen LogP contribution in [0.1, 0.15) is 172 Å². The fourth-order valence-corrected chi connectivity index (χ4v) is 12.2. The molecule has 3 aliphatic carbocycles. The second-order valence-electron chi connectivity index (χ2n) is 27.9. The molecule has 3 saturated carbocycles. The van der Waals surface area contributed by atoms with E-state index < -0.39 is 35.7 Å². The number of nitrogens with zero attached hydrogens (tertiary/aromatic N) is 9. The number of aliphatic hydroxyl groups excluding tert-OH is 1. The summed E-state index contributed by atoms with van der Waals surface area (Å²) >= 11 is 0. The van der Waals surface area contributed by atoms with Gasteiger partial charge in [-0.3, -0.25) is 0 Å². The summed E-state index contributed by atoms with van der Waals surface area (Å²) in [5.74, 6) is 0.00254. The number of rotatable bonds is 22. The van der Waals surface area contributed by atoms with Gasteiger partial charge in [0.15, 0.2) is 0 Å². The largest absolute Gasteiger partial charge is 0.573 e. The second kappa shape index (κ2) is 32.8. The summed E-state index contributed by atoms with van der Waals surface area (Å²) in [5, 5.41) is 57.7. The number of ether oxygens (including phenoxy) is 2. The number of nitrogens with one attached hydrogen (secondary N) is 6. The van der Waals surface area contributed by atoms with E-state index in [0.717, 1.165) is 69.1 Å². The van der Waals surface area contributed by atoms with E-state index in [1.165, 1.54) is 36.8 Å². The molecule has 0 unspecified atom stereocenters. The van der Waals surface area contributed by atoms with E-state index in [1.807, 2.05) is 13.8 Å². The summed E-state index contributed by atoms with van der Waals surface area (Å²) in [7, 11) is 0. The van der Waals surface area contributed by atoms with E-state index in [1.54, 1.807) is 30.3 Å². The lowest BCUT2D eigenvalue weighted by atomic mass is 9.68. The number of nitriles is 3. The van der Waals surface area contributed by atoms with Gasteiger partial charge in [-0.05, 0) is 158 Å². The first kappa shape index (κ1) is 77.4. The van der Waals surface area contributed by atoms with Gasteiger partial charge < -0.3 is 46.5 Å². The van der Waals surface area contributed by atoms with Crippen LogP contribution in [0.25, 0.3) is 0 Å². The molecule has 3 aromatic carbocycles. The van der Waals surface area contributed by atoms with Gasteiger partial charge in [-0.1, -0.05) is 85.7 Å². The number of alkyl halides is 10. The highest BCUT2D eigenvalue weighted by atomic mass is 19.4. The van der Waals surface area contributed by atoms with Gasteiger partial charge in [-0.25, -0.2) is 23.7 Å². The number of aromatic nitrogens is 6. The predicted octanol–water partition coefficient (Wildman–Crippen LogP) is 16.6. The van der Waals surface area contributed by atoms with Crippen LogP contribution in [0.15, 0.2) is 85.3 Å². The SMILES string of the molecule is CC(F)(F)Oc1ccccc1CCNc1ncc(C#N)c(N[C@@H]2CC[C@H](O)C(C)(C)C2)n1.C[C@H]1CC[C@@H](Nc2nc(NCCc3cc(C(C)(F)F)cc(C(F)(F)F)c3)ncc2C#N)CC1(C)C.C[C@H]1CC[C@@H](Nc2nc(NCCc3ccc(OC(F)(F)F)cc3)ncc2C#N)CC1(C)C. The van der Waals surface area contributed by atoms with Crippen molar-refractivity contribution in [2.45, 2.75) is 195 Å². The quantitative estimate of drug-likeness (QED) is 0.0312. The van der Waals surface area contributed by atoms with Crippen LogP contribution >= 0.6 is 0 Å². The molecule has 0 amide bonds. The van der Waals surface area contributed by atoms with Crippen molar-refractivity contribution in [3.8, 4) is 29.7 Å². The van der Waals surface area contributed by atoms with Gasteiger partial charge in [-0.2, -0.15) is 52.7 Å². The van der Waals surface area contributed by atoms with E-state index in [4.69, 9.17) is 4.74 Å². The van der Waals surface area contributed by atoms with Crippen LogP contribution in [0.2, 0.25) is 0 Å². The Bertz CT molecular complexity index is 3750. The normalized spacial score (nSPS) is 20.3. The Kier molecular flexibility index (Phi) is 25.6. The standard InChI is InChI=1S/C25H30F5N5.C23H28F3N5O.C23H29F2N5O2/c1-15-5-6-20(12-23(15,2)3)34-21-17(13-31)14-33-22(35-21)32-8-7-16-9-18(24(4,26)27)11-19(10-16)25(28,29)30;1-15-4-7-18(12-22(15,2)3)30-20-17(13-27)14-29-21(31-20)28-11-10-16-5-8-19(9-6-16)32-23(24,25)26;1-22(2)12-17(8-9-19(22)31)29-20-16(13-26)14-28-21(30-20)27-11-10-15-6-4-5-7-18(15)32-23(3,24)25/h9-11,14-15,20H,5-8,12H2,1-4H3,(H2,32,33,34,35);5-6,8-9,14-15,18H,4,7,10-12H2,1-3H3,(H2,28,29,30,31);4-7,14,17,19,31H,8-12H2,1-3H3,(H2,27,28,29,30)/t15-,20+;15-,18+;17-,19+/m001/s1. The first-order chi connectivity index (χ1) is 46.3. The highest BCUT2D eigenvalue weighted by molar-refractivity contribution is 5.56. The van der Waals surface area contributed by atoms with E-state index in [2.05, 4.69) is 126 Å². The van der Waals surface area contributed by atoms with Gasteiger partial charge in [-0.15, -0.1) is 13.2 Å². The molecule has 99 heavy (non-hydrogen) atoms. The maximum absolute atomic E-state index is 13.7. The molecule has 0 spiro atoms. The topological polar surface area (TPSA) is 260 Å². The molecule has 3 aliphatic rings. The van der Waals surface area contributed by atoms with Crippen LogP contribution in [0.4, 0.5) is 79.2 Å². The molecule has 0 radical (unpaired) electrons. The Morgan fingerprint density at radius 2 is 0.929 bits per heavy atom. The smallest absolute Gasteiger partial charge is 0.432 e. The molecule has 0 aliphatic heterocycles. The molecule has 7 N–H and O–H groups in total. The van der Waals surface area contributed by atoms with Crippen molar-refractivity contribution < 1.29 is 58.5 Å². The maximum atomic E-state index is 13.7. The minimum Gasteiger partial charge on any atom is -0.432 e. The first-order valence-corrected chi connectivity index (χ1v) is 32.9. The summed E-state index contributed by atoms with van der Waals surface area (Å²) in [6, 6.07) is 21.6. The molecule has 534 valence electrons. The zero-order valence-corrected chi connectivity index (χ0v) is 57.2. The summed E-state index contributed by atoms with van der Waals surface area (Å²) in [5.41, 5.74) is 0.971. The van der Waals surface area contributed by atoms with E-state index >= 15 is 0 Å². The van der Waals surface area contributed by atoms with Crippen molar-refractivity contribution in [2.75, 3.05) is 51.5 Å². The third-order valence-electron chi connectivity index (χ3n) is 18.6. The Balaban J connectivity index is 0.000000209. The molecule has 3 heterocycles. The average Bonchev–Trinajstić information content (AvgIpc) is 0.918. The van der Waals surface area contributed by atoms with E-state index in [-0.39, 0.29) is 76.5 Å². The monoisotopic (exact) mass is 1390 g/mol. The first-order valence-electron chi connectivity index (χ1n) is 32.9. The molecule has 6 atom stereocenters. The highest BCUT2D eigenvalue weighted by Crippen LogP contribution is 2.44. The zero-order chi connectivity index (χ0) is 72.7. The zero-order valence-electron chi connectivity index (χ0n) is 57.2. The highest BCUT2D eigenvalue weighted by Gasteiger charge is 2.39. The maximum Gasteiger partial charge on any atom is 0.573 e. The molecule has 0 bridgehead atoms. The van der Waals surface area contributed by atoms with Gasteiger partial charge in [0.25, 0.3) is 5.92 Å². The van der Waals surface area contributed by atoms with Crippen molar-refractivity contribution in [3.05, 3.63) is 130 Å². The third-order valence-corrected chi connectivity index (χ3v) is 18.6. The van der Waals surface area contributed by atoms with Crippen LogP contribution in [0, 0.1) is 62.1 Å². The van der Waals surface area contributed by atoms with Gasteiger partial charge in [0.05, 0.1) is 30.3 Å². The molecular weight excluding hydrogens is 1300 g/mol. The molecule has 28 heteroatoms. The van der Waals surface area contributed by atoms with Gasteiger partial charge in [0.2, 0.25) is 17.8 Å². The number of halogens is 10. The van der Waals surface area contributed by atoms with Crippen LogP contribution < -0.4 is 41.4 Å². The summed E-state index contributed by atoms with van der Waals surface area (Å²) in [4.78, 5) is 25.8. The third kappa shape index (κ3) is 23.6. The molecule has 3 fully saturated rings. The van der Waals surface area contributed by atoms with E-state index in [9.17, 15) is 64.8 Å². The van der Waals surface area contributed by atoms with E-state index in [0.29, 0.717) is 116 Å². The Labute approximate surface area is 571 Å². The molecule has 6 aromatic rings. The molecule has 9 rings (SSSR count). The number of benzene rings is 3. The fraction of sp³-hybridized carbons (Fsp3) is 0.535. The van der Waals surface area contributed by atoms with Gasteiger partial charge in [0, 0.05) is 57.2 Å². The molecular formula is C71H87F10N15O3. The van der Waals surface area contributed by atoms with Crippen molar-refractivity contribution in [1.82, 2.24) is 29.9 Å². The molecule has 3 aromatic heterocycles. The van der Waals surface area contributed by atoms with Crippen molar-refractivity contribution >= 4 is 35.3 Å². The number of anilines is 6. The Morgan fingerprint density at radius 3 is 1.33 bits per heavy atom. The van der Waals surface area contributed by atoms with Crippen LogP contribution in [0.3, 0.4) is 0 Å². The van der Waals surface area contributed by atoms with Crippen molar-refractivity contribution in [3.63, 3.8) is 0 Å². The lowest BCUT2D eigenvalue weighted by molar-refractivity contribution is -0.274. The lowest BCUT2D eigenvalue weighted by Gasteiger charge is -2.41. The fourth-order valence-electron chi connectivity index (χ4n) is 12.2. The number of hydrogen-bond donors (Lipinski definition) is 7. The summed E-state index contributed by atoms with van der Waals surface area (Å²) < 4.78 is 139. The van der Waals surface area contributed by atoms with Gasteiger partial charge in [0.1, 0.15) is 63.9 Å². The van der Waals surface area contributed by atoms with Crippen LogP contribution in [-0.4, -0.2) is 91.3 Å². The van der Waals surface area contributed by atoms with Crippen molar-refractivity contribution in [2.24, 2.45) is 28.1 Å². The Morgan fingerprint density at radius 1 is 0.515 bits per heavy atom. The van der Waals surface area contributed by atoms with Crippen molar-refractivity contribution in [1.29, 1.82) is 15.8 Å². The Hall–Kier alpha value is -8.97. The molecule has 18 nitrogen and oxygen atoms in total. The number of para-hydroxylation sites is 1. The summed E-state index contributed by atoms with van der Waals surface area (Å²) in [6.45, 7) is 19.8. The number of aliphatic hydroxyl groups is 1. The minimum atomic E-state index is -4.73. The predicted molar refractivity (Wildman–Crippen MR) is 358 cm³/mol. The van der Waals surface area contributed by atoms with Crippen LogP contribution in [0.5, 0.6) is 11.5 Å². The number of hydrogen-bond acceptors (Lipinski definition) is 18. The van der Waals surface area contributed by atoms with Gasteiger partial charge >= 0.3 is 18.6 Å². The second-order valence-corrected chi connectivity index (χ2v) is 27.9. The minimum absolute atomic E-state index is 0.0494. The summed E-state index contributed by atoms with van der Waals surface area (Å²) in [6.07, 6.45) is 0.612.